The highest BCUT2D eigenvalue weighted by molar-refractivity contribution is 5.56. The Kier molecular flexibility index (Phi) is 4.64. The summed E-state index contributed by atoms with van der Waals surface area (Å²) in [4.78, 5) is 10.7. The van der Waals surface area contributed by atoms with Gasteiger partial charge in [0.25, 0.3) is 5.69 Å². The van der Waals surface area contributed by atoms with Crippen molar-refractivity contribution in [1.82, 2.24) is 20.3 Å². The Morgan fingerprint density at radius 2 is 2.14 bits per heavy atom. The van der Waals surface area contributed by atoms with Gasteiger partial charge < -0.3 is 5.32 Å². The molecule has 21 heavy (non-hydrogen) atoms. The van der Waals surface area contributed by atoms with Crippen molar-refractivity contribution in [1.29, 1.82) is 0 Å². The average molecular weight is 289 g/mol. The van der Waals surface area contributed by atoms with Gasteiger partial charge in [-0.25, -0.2) is 4.68 Å². The standard InChI is InChI=1S/C14H19N5O2/c1-4-7-15-8-12-9-18(17-16-12)14-10(2)5-6-13(11(14)3)19(20)21/h5-6,9,15H,4,7-8H2,1-3H3. The number of aryl methyl sites for hydroxylation is 1. The first-order chi connectivity index (χ1) is 10.0. The van der Waals surface area contributed by atoms with Crippen LogP contribution in [0.15, 0.2) is 18.3 Å². The third kappa shape index (κ3) is 3.25. The van der Waals surface area contributed by atoms with Gasteiger partial charge in [-0.3, -0.25) is 10.1 Å². The summed E-state index contributed by atoms with van der Waals surface area (Å²) < 4.78 is 1.61. The number of nitro benzene ring substituents is 1. The molecule has 0 radical (unpaired) electrons. The van der Waals surface area contributed by atoms with E-state index in [0.29, 0.717) is 12.1 Å². The van der Waals surface area contributed by atoms with Crippen molar-refractivity contribution in [2.24, 2.45) is 0 Å². The molecule has 0 fully saturated rings. The lowest BCUT2D eigenvalue weighted by molar-refractivity contribution is -0.385. The zero-order valence-corrected chi connectivity index (χ0v) is 12.5. The monoisotopic (exact) mass is 289 g/mol. The number of nitrogens with one attached hydrogen (secondary N) is 1. The van der Waals surface area contributed by atoms with Gasteiger partial charge in [0.2, 0.25) is 0 Å². The average Bonchev–Trinajstić information content (AvgIpc) is 2.87. The molecule has 0 spiro atoms. The van der Waals surface area contributed by atoms with E-state index in [2.05, 4.69) is 22.6 Å². The molecular weight excluding hydrogens is 270 g/mol. The van der Waals surface area contributed by atoms with Gasteiger partial charge in [-0.05, 0) is 32.4 Å². The summed E-state index contributed by atoms with van der Waals surface area (Å²) in [7, 11) is 0. The molecule has 0 aliphatic carbocycles. The van der Waals surface area contributed by atoms with Crippen molar-refractivity contribution < 1.29 is 4.92 Å². The lowest BCUT2D eigenvalue weighted by Gasteiger charge is -2.09. The van der Waals surface area contributed by atoms with Gasteiger partial charge in [0, 0.05) is 12.6 Å². The summed E-state index contributed by atoms with van der Waals surface area (Å²) in [5.74, 6) is 0. The lowest BCUT2D eigenvalue weighted by atomic mass is 10.1. The van der Waals surface area contributed by atoms with Crippen LogP contribution < -0.4 is 5.32 Å². The molecule has 2 aromatic rings. The quantitative estimate of drug-likeness (QED) is 0.501. The molecule has 0 saturated carbocycles. The largest absolute Gasteiger partial charge is 0.311 e. The summed E-state index contributed by atoms with van der Waals surface area (Å²) in [6, 6.07) is 3.26. The molecule has 0 aliphatic rings. The van der Waals surface area contributed by atoms with E-state index in [-0.39, 0.29) is 10.6 Å². The zero-order chi connectivity index (χ0) is 15.4. The Hall–Kier alpha value is -2.28. The van der Waals surface area contributed by atoms with Gasteiger partial charge in [0.05, 0.1) is 28.1 Å². The smallest absolute Gasteiger partial charge is 0.274 e. The fourth-order valence-corrected chi connectivity index (χ4v) is 2.26. The van der Waals surface area contributed by atoms with Gasteiger partial charge in [-0.2, -0.15) is 0 Å². The first-order valence-electron chi connectivity index (χ1n) is 6.91. The van der Waals surface area contributed by atoms with Crippen LogP contribution in [-0.4, -0.2) is 26.5 Å². The normalized spacial score (nSPS) is 10.8. The van der Waals surface area contributed by atoms with E-state index >= 15 is 0 Å². The lowest BCUT2D eigenvalue weighted by Crippen LogP contribution is -2.13. The summed E-state index contributed by atoms with van der Waals surface area (Å²) in [6.45, 7) is 7.29. The van der Waals surface area contributed by atoms with Crippen LogP contribution in [0.5, 0.6) is 0 Å². The van der Waals surface area contributed by atoms with Gasteiger partial charge >= 0.3 is 0 Å². The molecule has 1 aromatic heterocycles. The summed E-state index contributed by atoms with van der Waals surface area (Å²) >= 11 is 0. The molecule has 2 rings (SSSR count). The van der Waals surface area contributed by atoms with Crippen molar-refractivity contribution in [2.75, 3.05) is 6.54 Å². The highest BCUT2D eigenvalue weighted by atomic mass is 16.6. The van der Waals surface area contributed by atoms with E-state index in [1.54, 1.807) is 17.7 Å². The van der Waals surface area contributed by atoms with Crippen LogP contribution >= 0.6 is 0 Å². The molecule has 112 valence electrons. The van der Waals surface area contributed by atoms with Crippen molar-refractivity contribution in [3.05, 3.63) is 45.3 Å². The molecule has 1 N–H and O–H groups in total. The molecule has 0 unspecified atom stereocenters. The van der Waals surface area contributed by atoms with Crippen molar-refractivity contribution in [3.63, 3.8) is 0 Å². The van der Waals surface area contributed by atoms with Crippen LogP contribution in [0.3, 0.4) is 0 Å². The maximum atomic E-state index is 11.0. The maximum Gasteiger partial charge on any atom is 0.274 e. The van der Waals surface area contributed by atoms with Gasteiger partial charge in [0.15, 0.2) is 0 Å². The van der Waals surface area contributed by atoms with Crippen molar-refractivity contribution in [2.45, 2.75) is 33.7 Å². The minimum absolute atomic E-state index is 0.0942. The molecular formula is C14H19N5O2. The van der Waals surface area contributed by atoms with Gasteiger partial charge in [0.1, 0.15) is 0 Å². The first-order valence-corrected chi connectivity index (χ1v) is 6.91. The van der Waals surface area contributed by atoms with Crippen molar-refractivity contribution in [3.8, 4) is 5.69 Å². The Labute approximate surface area is 123 Å². The number of nitro groups is 1. The summed E-state index contributed by atoms with van der Waals surface area (Å²) in [6.07, 6.45) is 2.86. The maximum absolute atomic E-state index is 11.0. The van der Waals surface area contributed by atoms with Gasteiger partial charge in [-0.15, -0.1) is 5.10 Å². The number of rotatable bonds is 6. The number of hydrogen-bond donors (Lipinski definition) is 1. The van der Waals surface area contributed by atoms with E-state index < -0.39 is 0 Å². The molecule has 1 heterocycles. The predicted molar refractivity (Wildman–Crippen MR) is 79.5 cm³/mol. The van der Waals surface area contributed by atoms with E-state index in [1.165, 1.54) is 6.07 Å². The zero-order valence-electron chi connectivity index (χ0n) is 12.5. The molecule has 0 bridgehead atoms. The van der Waals surface area contributed by atoms with E-state index in [9.17, 15) is 10.1 Å². The van der Waals surface area contributed by atoms with Crippen LogP contribution in [0.1, 0.15) is 30.2 Å². The van der Waals surface area contributed by atoms with Crippen LogP contribution in [0, 0.1) is 24.0 Å². The Morgan fingerprint density at radius 1 is 1.38 bits per heavy atom. The highest BCUT2D eigenvalue weighted by Crippen LogP contribution is 2.27. The molecule has 1 aromatic carbocycles. The first kappa shape index (κ1) is 15.1. The summed E-state index contributed by atoms with van der Waals surface area (Å²) in [5, 5.41) is 22.5. The SMILES string of the molecule is CCCNCc1cn(-c2c(C)ccc([N+](=O)[O-])c2C)nn1. The summed E-state index contributed by atoms with van der Waals surface area (Å²) in [5.41, 5.74) is 3.15. The minimum Gasteiger partial charge on any atom is -0.311 e. The molecule has 0 aliphatic heterocycles. The molecule has 0 amide bonds. The number of aromatic nitrogens is 3. The molecule has 7 heteroatoms. The van der Waals surface area contributed by atoms with Crippen molar-refractivity contribution >= 4 is 5.69 Å². The fraction of sp³-hybridized carbons (Fsp3) is 0.429. The topological polar surface area (TPSA) is 85.9 Å². The second-order valence-electron chi connectivity index (χ2n) is 4.96. The Balaban J connectivity index is 2.33. The third-order valence-corrected chi connectivity index (χ3v) is 3.30. The van der Waals surface area contributed by atoms with Gasteiger partial charge in [-0.1, -0.05) is 18.2 Å². The third-order valence-electron chi connectivity index (χ3n) is 3.30. The van der Waals surface area contributed by atoms with E-state index in [4.69, 9.17) is 0 Å². The van der Waals surface area contributed by atoms with Crippen LogP contribution in [0.2, 0.25) is 0 Å². The molecule has 0 saturated heterocycles. The number of hydrogen-bond acceptors (Lipinski definition) is 5. The Bertz CT molecular complexity index is 651. The van der Waals surface area contributed by atoms with Crippen LogP contribution in [0.4, 0.5) is 5.69 Å². The Morgan fingerprint density at radius 3 is 2.81 bits per heavy atom. The number of nitrogens with zero attached hydrogens (tertiary/aromatic N) is 4. The van der Waals surface area contributed by atoms with Crippen LogP contribution in [0.25, 0.3) is 5.69 Å². The second kappa shape index (κ2) is 6.45. The minimum atomic E-state index is -0.376. The number of benzene rings is 1. The molecule has 0 atom stereocenters. The predicted octanol–water partition coefficient (Wildman–Crippen LogP) is 2.29. The van der Waals surface area contributed by atoms with E-state index in [0.717, 1.165) is 29.9 Å². The second-order valence-corrected chi connectivity index (χ2v) is 4.96. The molecule has 7 nitrogen and oxygen atoms in total. The fourth-order valence-electron chi connectivity index (χ4n) is 2.26. The van der Waals surface area contributed by atoms with E-state index in [1.807, 2.05) is 13.1 Å². The highest BCUT2D eigenvalue weighted by Gasteiger charge is 2.18. The van der Waals surface area contributed by atoms with Crippen LogP contribution in [-0.2, 0) is 6.54 Å².